The number of carbonyl (C=O) groups is 2. The molecule has 2 amide bonds. The highest BCUT2D eigenvalue weighted by Gasteiger charge is 2.19. The first-order valence-electron chi connectivity index (χ1n) is 11.5. The standard InChI is InChI=1S/C25H35N3O4/c1-4-6-7-8-9-17-26-25(31)28(3)23-12-10-11-21(27-23)20-15-13-19(14-16-24(29)30)18-22(20)32-5-2/h10-13,15,18H,4-9,14,16-17H2,1-3H3,(H,26,31)(H,29,30)/p+1. The average Bonchev–Trinajstić information content (AvgIpc) is 2.79. The summed E-state index contributed by atoms with van der Waals surface area (Å²) in [6.45, 7) is 5.25. The Kier molecular flexibility index (Phi) is 10.7. The quantitative estimate of drug-likeness (QED) is 0.408. The maximum Gasteiger partial charge on any atom is 0.421 e. The largest absolute Gasteiger partial charge is 0.493 e. The summed E-state index contributed by atoms with van der Waals surface area (Å²) in [5, 5.41) is 11.9. The van der Waals surface area contributed by atoms with Crippen LogP contribution in [0.25, 0.3) is 11.3 Å². The zero-order chi connectivity index (χ0) is 23.3. The first-order chi connectivity index (χ1) is 15.5. The number of benzene rings is 1. The molecule has 0 radical (unpaired) electrons. The lowest BCUT2D eigenvalue weighted by atomic mass is 10.0. The SMILES string of the molecule is CCCCCCCNC(=O)[NH+](C)c1cccc(-c2ccc(CCC(=O)O)cc2OCC)n1. The van der Waals surface area contributed by atoms with Crippen LogP contribution in [0.4, 0.5) is 10.6 Å². The molecule has 0 aliphatic carbocycles. The smallest absolute Gasteiger partial charge is 0.421 e. The second-order valence-electron chi connectivity index (χ2n) is 7.86. The number of urea groups is 1. The number of ether oxygens (including phenoxy) is 1. The van der Waals surface area contributed by atoms with Crippen LogP contribution in [0, 0.1) is 0 Å². The molecular weight excluding hydrogens is 406 g/mol. The summed E-state index contributed by atoms with van der Waals surface area (Å²) in [5.74, 6) is 0.462. The molecule has 0 bridgehead atoms. The molecule has 1 heterocycles. The molecule has 7 nitrogen and oxygen atoms in total. The third kappa shape index (κ3) is 7.96. The molecule has 3 N–H and O–H groups in total. The highest BCUT2D eigenvalue weighted by atomic mass is 16.5. The lowest BCUT2D eigenvalue weighted by Crippen LogP contribution is -3.09. The monoisotopic (exact) mass is 442 g/mol. The molecule has 1 atom stereocenters. The number of pyridine rings is 1. The number of hydrogen-bond donors (Lipinski definition) is 3. The van der Waals surface area contributed by atoms with Gasteiger partial charge in [-0.2, -0.15) is 4.98 Å². The van der Waals surface area contributed by atoms with Gasteiger partial charge in [-0.1, -0.05) is 44.7 Å². The van der Waals surface area contributed by atoms with Gasteiger partial charge >= 0.3 is 12.0 Å². The number of quaternary nitrogens is 1. The Balaban J connectivity index is 2.10. The fourth-order valence-electron chi connectivity index (χ4n) is 3.43. The molecule has 2 aromatic rings. The van der Waals surface area contributed by atoms with Crippen LogP contribution in [-0.4, -0.2) is 42.3 Å². The summed E-state index contributed by atoms with van der Waals surface area (Å²) >= 11 is 0. The number of aryl methyl sites for hydroxylation is 1. The Morgan fingerprint density at radius 1 is 1.09 bits per heavy atom. The second-order valence-corrected chi connectivity index (χ2v) is 7.86. The van der Waals surface area contributed by atoms with E-state index in [1.54, 1.807) is 7.05 Å². The van der Waals surface area contributed by atoms with Gasteiger partial charge in [-0.05, 0) is 43.5 Å². The number of nitrogens with zero attached hydrogens (tertiary/aromatic N) is 1. The minimum absolute atomic E-state index is 0.0700. The van der Waals surface area contributed by atoms with Crippen LogP contribution in [0.5, 0.6) is 5.75 Å². The van der Waals surface area contributed by atoms with E-state index in [-0.39, 0.29) is 12.5 Å². The van der Waals surface area contributed by atoms with Gasteiger partial charge in [0, 0.05) is 24.6 Å². The first kappa shape index (κ1) is 25.3. The molecule has 1 unspecified atom stereocenters. The van der Waals surface area contributed by atoms with Crippen molar-refractivity contribution in [2.45, 2.75) is 58.8 Å². The Hall–Kier alpha value is -2.93. The third-order valence-corrected chi connectivity index (χ3v) is 5.29. The fourth-order valence-corrected chi connectivity index (χ4v) is 3.43. The molecule has 1 aromatic carbocycles. The van der Waals surface area contributed by atoms with E-state index in [2.05, 4.69) is 12.2 Å². The minimum Gasteiger partial charge on any atom is -0.493 e. The van der Waals surface area contributed by atoms with Crippen LogP contribution in [0.15, 0.2) is 36.4 Å². The number of aliphatic carboxylic acids is 1. The zero-order valence-electron chi connectivity index (χ0n) is 19.4. The van der Waals surface area contributed by atoms with E-state index in [9.17, 15) is 9.59 Å². The van der Waals surface area contributed by atoms with Gasteiger partial charge in [0.05, 0.1) is 19.3 Å². The highest BCUT2D eigenvalue weighted by Crippen LogP contribution is 2.30. The number of aromatic nitrogens is 1. The number of carboxylic acids is 1. The predicted octanol–water partition coefficient (Wildman–Crippen LogP) is 3.99. The Bertz CT molecular complexity index is 885. The molecular formula is C25H36N3O4+. The van der Waals surface area contributed by atoms with Crippen molar-refractivity contribution in [2.24, 2.45) is 0 Å². The summed E-state index contributed by atoms with van der Waals surface area (Å²) in [6.07, 6.45) is 6.27. The van der Waals surface area contributed by atoms with Gasteiger partial charge in [0.1, 0.15) is 5.75 Å². The molecule has 1 aromatic heterocycles. The van der Waals surface area contributed by atoms with Crippen LogP contribution in [-0.2, 0) is 11.2 Å². The van der Waals surface area contributed by atoms with E-state index in [1.807, 2.05) is 43.3 Å². The van der Waals surface area contributed by atoms with Gasteiger partial charge in [-0.15, -0.1) is 0 Å². The molecule has 0 fully saturated rings. The van der Waals surface area contributed by atoms with Crippen LogP contribution in [0.3, 0.4) is 0 Å². The molecule has 0 saturated heterocycles. The molecule has 32 heavy (non-hydrogen) atoms. The molecule has 0 aliphatic heterocycles. The summed E-state index contributed by atoms with van der Waals surface area (Å²) in [7, 11) is 1.79. The van der Waals surface area contributed by atoms with Gasteiger partial charge in [0.15, 0.2) is 0 Å². The van der Waals surface area contributed by atoms with Crippen LogP contribution in [0.1, 0.15) is 57.9 Å². The number of amides is 2. The zero-order valence-corrected chi connectivity index (χ0v) is 19.4. The fraction of sp³-hybridized carbons (Fsp3) is 0.480. The Morgan fingerprint density at radius 3 is 2.59 bits per heavy atom. The molecule has 0 saturated carbocycles. The summed E-state index contributed by atoms with van der Waals surface area (Å²) in [5.41, 5.74) is 2.43. The molecule has 174 valence electrons. The van der Waals surface area contributed by atoms with Crippen molar-refractivity contribution < 1.29 is 24.3 Å². The maximum absolute atomic E-state index is 12.6. The van der Waals surface area contributed by atoms with Crippen molar-refractivity contribution >= 4 is 17.8 Å². The number of carboxylic acid groups (broad SMARTS) is 1. The van der Waals surface area contributed by atoms with Crippen LogP contribution >= 0.6 is 0 Å². The molecule has 0 aliphatic rings. The molecule has 0 spiro atoms. The Morgan fingerprint density at radius 2 is 1.88 bits per heavy atom. The second kappa shape index (κ2) is 13.5. The van der Waals surface area contributed by atoms with Crippen molar-refractivity contribution in [3.05, 3.63) is 42.0 Å². The number of nitrogens with one attached hydrogen (secondary N) is 2. The first-order valence-corrected chi connectivity index (χ1v) is 11.5. The van der Waals surface area contributed by atoms with Gasteiger partial charge in [0.2, 0.25) is 5.82 Å². The van der Waals surface area contributed by atoms with Gasteiger partial charge < -0.3 is 15.2 Å². The summed E-state index contributed by atoms with van der Waals surface area (Å²) in [6, 6.07) is 11.2. The van der Waals surface area contributed by atoms with E-state index in [4.69, 9.17) is 14.8 Å². The minimum atomic E-state index is -0.827. The Labute approximate surface area is 190 Å². The van der Waals surface area contributed by atoms with E-state index >= 15 is 0 Å². The lowest BCUT2D eigenvalue weighted by molar-refractivity contribution is -0.720. The van der Waals surface area contributed by atoms with Crippen molar-refractivity contribution in [3.8, 4) is 17.0 Å². The van der Waals surface area contributed by atoms with Crippen LogP contribution < -0.4 is 15.0 Å². The van der Waals surface area contributed by atoms with Crippen molar-refractivity contribution in [3.63, 3.8) is 0 Å². The normalized spacial score (nSPS) is 11.7. The molecule has 2 rings (SSSR count). The van der Waals surface area contributed by atoms with E-state index in [0.717, 1.165) is 24.0 Å². The highest BCUT2D eigenvalue weighted by molar-refractivity contribution is 5.71. The maximum atomic E-state index is 12.6. The van der Waals surface area contributed by atoms with Gasteiger partial charge in [-0.25, -0.2) is 9.69 Å². The van der Waals surface area contributed by atoms with Crippen molar-refractivity contribution in [2.75, 3.05) is 20.2 Å². The predicted molar refractivity (Wildman–Crippen MR) is 126 cm³/mol. The number of hydrogen-bond acceptors (Lipinski definition) is 4. The summed E-state index contributed by atoms with van der Waals surface area (Å²) in [4.78, 5) is 28.7. The van der Waals surface area contributed by atoms with Crippen LogP contribution in [0.2, 0.25) is 0 Å². The number of carbonyl (C=O) groups excluding carboxylic acids is 1. The van der Waals surface area contributed by atoms with Crippen molar-refractivity contribution in [1.82, 2.24) is 10.3 Å². The van der Waals surface area contributed by atoms with Crippen molar-refractivity contribution in [1.29, 1.82) is 0 Å². The number of unbranched alkanes of at least 4 members (excludes halogenated alkanes) is 4. The van der Waals surface area contributed by atoms with Gasteiger partial charge in [0.25, 0.3) is 0 Å². The van der Waals surface area contributed by atoms with E-state index < -0.39 is 5.97 Å². The average molecular weight is 443 g/mol. The summed E-state index contributed by atoms with van der Waals surface area (Å²) < 4.78 is 5.81. The van der Waals surface area contributed by atoms with Gasteiger partial charge in [-0.3, -0.25) is 4.79 Å². The topological polar surface area (TPSA) is 93.0 Å². The lowest BCUT2D eigenvalue weighted by Gasteiger charge is -2.14. The van der Waals surface area contributed by atoms with E-state index in [1.165, 1.54) is 19.3 Å². The third-order valence-electron chi connectivity index (χ3n) is 5.29. The van der Waals surface area contributed by atoms with E-state index in [0.29, 0.717) is 41.7 Å². The number of rotatable bonds is 13. The molecule has 7 heteroatoms.